The normalized spacial score (nSPS) is 15.8. The van der Waals surface area contributed by atoms with Crippen molar-refractivity contribution in [3.8, 4) is 5.69 Å². The first-order chi connectivity index (χ1) is 25.7. The number of aromatic nitrogens is 1. The van der Waals surface area contributed by atoms with E-state index in [2.05, 4.69) is 190 Å². The third-order valence-electron chi connectivity index (χ3n) is 10.9. The van der Waals surface area contributed by atoms with Gasteiger partial charge in [-0.3, -0.25) is 0 Å². The first-order valence-electron chi connectivity index (χ1n) is 18.2. The van der Waals surface area contributed by atoms with Crippen LogP contribution in [0.1, 0.15) is 29.3 Å². The number of rotatable bonds is 8. The van der Waals surface area contributed by atoms with Crippen molar-refractivity contribution in [1.82, 2.24) is 15.0 Å². The van der Waals surface area contributed by atoms with Crippen LogP contribution < -0.4 is 16.1 Å². The van der Waals surface area contributed by atoms with Crippen molar-refractivity contribution in [3.63, 3.8) is 0 Å². The number of allylic oxidation sites excluding steroid dienone is 2. The van der Waals surface area contributed by atoms with Crippen LogP contribution in [0.2, 0.25) is 0 Å². The summed E-state index contributed by atoms with van der Waals surface area (Å²) in [5, 5.41) is 9.80. The topological polar surface area (TPSA) is 49.5 Å². The minimum Gasteiger partial charge on any atom is -0.349 e. The van der Waals surface area contributed by atoms with E-state index in [0.29, 0.717) is 13.2 Å². The van der Waals surface area contributed by atoms with E-state index in [1.54, 1.807) is 0 Å². The molecule has 1 aromatic heterocycles. The zero-order valence-electron chi connectivity index (χ0n) is 28.9. The molecule has 2 atom stereocenters. The van der Waals surface area contributed by atoms with Crippen LogP contribution in [0.4, 0.5) is 5.69 Å². The molecule has 0 saturated heterocycles. The smallest absolute Gasteiger partial charge is 0.0941 e. The van der Waals surface area contributed by atoms with Gasteiger partial charge in [-0.25, -0.2) is 10.4 Å². The third kappa shape index (κ3) is 5.13. The SMILES string of the molecule is NC(NN(Cc1ccccc1)CN1c2ccc3c(ccc4c5ccccc5n(-c5ccccc5)c34)c2C2=CC=CCC21)c1ccc2ccccc2c1. The van der Waals surface area contributed by atoms with Crippen molar-refractivity contribution in [3.05, 3.63) is 187 Å². The van der Waals surface area contributed by atoms with Crippen LogP contribution in [0.3, 0.4) is 0 Å². The molecule has 10 rings (SSSR count). The number of hydrazine groups is 1. The molecule has 7 aromatic carbocycles. The first-order valence-corrected chi connectivity index (χ1v) is 18.2. The molecule has 8 aromatic rings. The van der Waals surface area contributed by atoms with Gasteiger partial charge in [0.2, 0.25) is 0 Å². The van der Waals surface area contributed by atoms with Gasteiger partial charge in [-0.1, -0.05) is 140 Å². The molecule has 1 aliphatic heterocycles. The summed E-state index contributed by atoms with van der Waals surface area (Å²) in [6, 6.07) is 54.8. The fourth-order valence-corrected chi connectivity index (χ4v) is 8.54. The second-order valence-electron chi connectivity index (χ2n) is 14.0. The van der Waals surface area contributed by atoms with Gasteiger partial charge < -0.3 is 15.2 Å². The highest BCUT2D eigenvalue weighted by molar-refractivity contribution is 6.21. The van der Waals surface area contributed by atoms with Gasteiger partial charge in [0.25, 0.3) is 0 Å². The number of hydrogen-bond donors (Lipinski definition) is 2. The molecule has 0 saturated carbocycles. The molecule has 0 bridgehead atoms. The number of benzene rings is 7. The summed E-state index contributed by atoms with van der Waals surface area (Å²) in [4.78, 5) is 2.57. The number of nitrogens with two attached hydrogens (primary N) is 1. The standard InChI is InChI=1S/C47H39N5/c48-47(35-24-23-33-15-7-8-16-34(33)29-35)49-50(30-32-13-3-1-4-14-32)31-51-42-21-11-10-20-41(42)45-38-25-26-39-37-19-9-12-22-43(37)52(36-17-5-2-6-18-36)46(39)40(38)27-28-44(45)51/h1-20,22-29,42,47,49H,21,30-31,48H2. The number of para-hydroxylation sites is 2. The molecule has 2 aliphatic rings. The van der Waals surface area contributed by atoms with Crippen LogP contribution in [-0.2, 0) is 6.54 Å². The van der Waals surface area contributed by atoms with Gasteiger partial charge in [0.1, 0.15) is 0 Å². The summed E-state index contributed by atoms with van der Waals surface area (Å²) >= 11 is 0. The van der Waals surface area contributed by atoms with Gasteiger partial charge >= 0.3 is 0 Å². The van der Waals surface area contributed by atoms with Crippen molar-refractivity contribution in [2.45, 2.75) is 25.2 Å². The maximum atomic E-state index is 6.97. The predicted octanol–water partition coefficient (Wildman–Crippen LogP) is 10.2. The Bertz CT molecular complexity index is 2670. The molecule has 1 aliphatic carbocycles. The minimum absolute atomic E-state index is 0.221. The molecule has 52 heavy (non-hydrogen) atoms. The van der Waals surface area contributed by atoms with Crippen molar-refractivity contribution < 1.29 is 0 Å². The van der Waals surface area contributed by atoms with Crippen molar-refractivity contribution in [2.75, 3.05) is 11.6 Å². The monoisotopic (exact) mass is 673 g/mol. The highest BCUT2D eigenvalue weighted by Crippen LogP contribution is 2.49. The Kier molecular flexibility index (Phi) is 7.50. The first kappa shape index (κ1) is 30.8. The second kappa shape index (κ2) is 12.7. The Hall–Kier alpha value is -5.98. The third-order valence-corrected chi connectivity index (χ3v) is 10.9. The Labute approximate surface area is 303 Å². The molecule has 2 heterocycles. The highest BCUT2D eigenvalue weighted by Gasteiger charge is 2.36. The zero-order chi connectivity index (χ0) is 34.6. The van der Waals surface area contributed by atoms with Crippen LogP contribution in [-0.4, -0.2) is 22.3 Å². The molecule has 0 spiro atoms. The molecule has 252 valence electrons. The number of anilines is 1. The Morgan fingerprint density at radius 1 is 0.692 bits per heavy atom. The van der Waals surface area contributed by atoms with Crippen molar-refractivity contribution in [2.24, 2.45) is 5.73 Å². The summed E-state index contributed by atoms with van der Waals surface area (Å²) in [6.45, 7) is 1.37. The summed E-state index contributed by atoms with van der Waals surface area (Å²) < 4.78 is 2.44. The minimum atomic E-state index is -0.374. The zero-order valence-corrected chi connectivity index (χ0v) is 28.9. The maximum absolute atomic E-state index is 6.97. The lowest BCUT2D eigenvalue weighted by Crippen LogP contribution is -2.50. The largest absolute Gasteiger partial charge is 0.349 e. The molecule has 0 radical (unpaired) electrons. The van der Waals surface area contributed by atoms with E-state index in [4.69, 9.17) is 5.73 Å². The van der Waals surface area contributed by atoms with E-state index >= 15 is 0 Å². The van der Waals surface area contributed by atoms with E-state index in [0.717, 1.165) is 12.0 Å². The molecule has 5 heteroatoms. The lowest BCUT2D eigenvalue weighted by atomic mass is 9.91. The fourth-order valence-electron chi connectivity index (χ4n) is 8.54. The maximum Gasteiger partial charge on any atom is 0.0941 e. The number of nitrogens with one attached hydrogen (secondary N) is 1. The Balaban J connectivity index is 1.09. The van der Waals surface area contributed by atoms with E-state index in [-0.39, 0.29) is 12.2 Å². The Morgan fingerprint density at radius 2 is 1.40 bits per heavy atom. The molecular weight excluding hydrogens is 635 g/mol. The predicted molar refractivity (Wildman–Crippen MR) is 217 cm³/mol. The summed E-state index contributed by atoms with van der Waals surface area (Å²) in [5.74, 6) is 0. The van der Waals surface area contributed by atoms with Crippen LogP contribution in [0, 0.1) is 0 Å². The average molecular weight is 674 g/mol. The molecule has 5 nitrogen and oxygen atoms in total. The highest BCUT2D eigenvalue weighted by atomic mass is 15.6. The van der Waals surface area contributed by atoms with Crippen molar-refractivity contribution in [1.29, 1.82) is 0 Å². The van der Waals surface area contributed by atoms with E-state index in [9.17, 15) is 0 Å². The number of hydrogen-bond acceptors (Lipinski definition) is 4. The van der Waals surface area contributed by atoms with Gasteiger partial charge in [0.05, 0.1) is 29.9 Å². The van der Waals surface area contributed by atoms with Crippen LogP contribution in [0.15, 0.2) is 170 Å². The quantitative estimate of drug-likeness (QED) is 0.125. The van der Waals surface area contributed by atoms with E-state index in [1.165, 1.54) is 71.4 Å². The second-order valence-corrected chi connectivity index (χ2v) is 14.0. The van der Waals surface area contributed by atoms with Gasteiger partial charge in [-0.2, -0.15) is 0 Å². The lowest BCUT2D eigenvalue weighted by molar-refractivity contribution is 0.147. The fraction of sp³-hybridized carbons (Fsp3) is 0.106. The molecular formula is C47H39N5. The molecule has 0 fully saturated rings. The van der Waals surface area contributed by atoms with Crippen LogP contribution >= 0.6 is 0 Å². The van der Waals surface area contributed by atoms with Crippen LogP contribution in [0.5, 0.6) is 0 Å². The number of fused-ring (bicyclic) bond motifs is 10. The molecule has 3 N–H and O–H groups in total. The molecule has 2 unspecified atom stereocenters. The summed E-state index contributed by atoms with van der Waals surface area (Å²) in [7, 11) is 0. The lowest BCUT2D eigenvalue weighted by Gasteiger charge is -2.36. The average Bonchev–Trinajstić information content (AvgIpc) is 3.71. The summed E-state index contributed by atoms with van der Waals surface area (Å²) in [5.41, 5.74) is 20.6. The van der Waals surface area contributed by atoms with Gasteiger partial charge in [0.15, 0.2) is 0 Å². The molecule has 0 amide bonds. The van der Waals surface area contributed by atoms with Gasteiger partial charge in [-0.15, -0.1) is 0 Å². The Morgan fingerprint density at radius 3 is 2.27 bits per heavy atom. The van der Waals surface area contributed by atoms with E-state index < -0.39 is 0 Å². The van der Waals surface area contributed by atoms with Crippen LogP contribution in [0.25, 0.3) is 54.6 Å². The number of nitrogens with zero attached hydrogens (tertiary/aromatic N) is 3. The van der Waals surface area contributed by atoms with Gasteiger partial charge in [-0.05, 0) is 69.6 Å². The van der Waals surface area contributed by atoms with Crippen molar-refractivity contribution >= 4 is 54.6 Å². The summed E-state index contributed by atoms with van der Waals surface area (Å²) in [6.07, 6.45) is 7.44. The van der Waals surface area contributed by atoms with Gasteiger partial charge in [0, 0.05) is 39.6 Å². The van der Waals surface area contributed by atoms with E-state index in [1.807, 2.05) is 0 Å².